The molecule has 0 aliphatic carbocycles. The topological polar surface area (TPSA) is 83.6 Å². The zero-order valence-electron chi connectivity index (χ0n) is 14.8. The molecule has 1 aliphatic heterocycles. The highest BCUT2D eigenvalue weighted by Crippen LogP contribution is 2.27. The van der Waals surface area contributed by atoms with Gasteiger partial charge in [0.15, 0.2) is 0 Å². The van der Waals surface area contributed by atoms with Crippen molar-refractivity contribution in [2.75, 3.05) is 17.0 Å². The monoisotopic (exact) mass is 394 g/mol. The molecular formula is C18H22N2O4S2. The van der Waals surface area contributed by atoms with Crippen LogP contribution in [-0.4, -0.2) is 33.4 Å². The quantitative estimate of drug-likeness (QED) is 0.845. The van der Waals surface area contributed by atoms with Crippen molar-refractivity contribution >= 4 is 25.7 Å². The number of nitrogens with one attached hydrogen (secondary N) is 1. The highest BCUT2D eigenvalue weighted by Gasteiger charge is 2.28. The average molecular weight is 395 g/mol. The molecule has 2 aromatic rings. The second-order valence-corrected chi connectivity index (χ2v) is 10.3. The van der Waals surface area contributed by atoms with Gasteiger partial charge in [-0.05, 0) is 55.7 Å². The molecule has 0 radical (unpaired) electrons. The minimum Gasteiger partial charge on any atom is -0.284 e. The molecule has 0 spiro atoms. The van der Waals surface area contributed by atoms with Gasteiger partial charge >= 0.3 is 0 Å². The Bertz CT molecular complexity index is 1010. The van der Waals surface area contributed by atoms with Gasteiger partial charge in [0.1, 0.15) is 0 Å². The van der Waals surface area contributed by atoms with Crippen LogP contribution in [0.25, 0.3) is 0 Å². The van der Waals surface area contributed by atoms with Gasteiger partial charge in [0.2, 0.25) is 20.0 Å². The smallest absolute Gasteiger partial charge is 0.243 e. The van der Waals surface area contributed by atoms with E-state index in [0.29, 0.717) is 18.7 Å². The standard InChI is InChI=1S/C18H22N2O4S2/c1-3-25(21,22)19-17-7-6-15-10-11-20(13-16(15)12-17)26(23,24)18-8-4-14(2)5-9-18/h4-9,12,19H,3,10-11,13H2,1-2H3. The molecule has 0 atom stereocenters. The molecule has 0 aromatic heterocycles. The number of benzene rings is 2. The van der Waals surface area contributed by atoms with E-state index in [0.717, 1.165) is 16.7 Å². The van der Waals surface area contributed by atoms with Crippen molar-refractivity contribution in [3.8, 4) is 0 Å². The Labute approximate surface area is 155 Å². The van der Waals surface area contributed by atoms with Crippen LogP contribution in [-0.2, 0) is 33.0 Å². The minimum absolute atomic E-state index is 0.0159. The SMILES string of the molecule is CCS(=O)(=O)Nc1ccc2c(c1)CN(S(=O)(=O)c1ccc(C)cc1)CC2. The van der Waals surface area contributed by atoms with Crippen molar-refractivity contribution in [3.63, 3.8) is 0 Å². The summed E-state index contributed by atoms with van der Waals surface area (Å²) in [5, 5.41) is 0. The van der Waals surface area contributed by atoms with Gasteiger partial charge in [-0.1, -0.05) is 23.8 Å². The highest BCUT2D eigenvalue weighted by atomic mass is 32.2. The molecule has 0 fully saturated rings. The fraction of sp³-hybridized carbons (Fsp3) is 0.333. The van der Waals surface area contributed by atoms with E-state index in [2.05, 4.69) is 4.72 Å². The van der Waals surface area contributed by atoms with Crippen molar-refractivity contribution in [2.24, 2.45) is 0 Å². The molecule has 1 N–H and O–H groups in total. The van der Waals surface area contributed by atoms with E-state index in [9.17, 15) is 16.8 Å². The molecule has 0 saturated carbocycles. The van der Waals surface area contributed by atoms with E-state index in [1.54, 1.807) is 43.3 Å². The average Bonchev–Trinajstić information content (AvgIpc) is 2.61. The van der Waals surface area contributed by atoms with E-state index < -0.39 is 20.0 Å². The van der Waals surface area contributed by atoms with Crippen molar-refractivity contribution in [1.29, 1.82) is 0 Å². The van der Waals surface area contributed by atoms with Crippen molar-refractivity contribution in [1.82, 2.24) is 4.31 Å². The first-order valence-corrected chi connectivity index (χ1v) is 11.5. The molecule has 1 heterocycles. The van der Waals surface area contributed by atoms with E-state index in [-0.39, 0.29) is 17.2 Å². The van der Waals surface area contributed by atoms with E-state index in [1.807, 2.05) is 13.0 Å². The number of nitrogens with zero attached hydrogens (tertiary/aromatic N) is 1. The summed E-state index contributed by atoms with van der Waals surface area (Å²) in [6, 6.07) is 12.1. The summed E-state index contributed by atoms with van der Waals surface area (Å²) in [5.41, 5.74) is 3.32. The summed E-state index contributed by atoms with van der Waals surface area (Å²) in [7, 11) is -6.95. The fourth-order valence-electron chi connectivity index (χ4n) is 2.91. The third-order valence-electron chi connectivity index (χ3n) is 4.50. The maximum Gasteiger partial charge on any atom is 0.243 e. The molecule has 26 heavy (non-hydrogen) atoms. The highest BCUT2D eigenvalue weighted by molar-refractivity contribution is 7.92. The van der Waals surface area contributed by atoms with Crippen LogP contribution < -0.4 is 4.72 Å². The zero-order chi connectivity index (χ0) is 18.9. The number of hydrogen-bond acceptors (Lipinski definition) is 4. The molecule has 3 rings (SSSR count). The molecule has 140 valence electrons. The van der Waals surface area contributed by atoms with Gasteiger partial charge in [0.25, 0.3) is 0 Å². The lowest BCUT2D eigenvalue weighted by molar-refractivity contribution is 0.391. The number of anilines is 1. The number of hydrogen-bond donors (Lipinski definition) is 1. The van der Waals surface area contributed by atoms with Crippen LogP contribution >= 0.6 is 0 Å². The summed E-state index contributed by atoms with van der Waals surface area (Å²) in [6.07, 6.45) is 0.598. The fourth-order valence-corrected chi connectivity index (χ4v) is 4.96. The Morgan fingerprint density at radius 2 is 1.69 bits per heavy atom. The zero-order valence-corrected chi connectivity index (χ0v) is 16.4. The Morgan fingerprint density at radius 3 is 2.35 bits per heavy atom. The van der Waals surface area contributed by atoms with Crippen molar-refractivity contribution < 1.29 is 16.8 Å². The molecule has 1 aliphatic rings. The Hall–Kier alpha value is -1.90. The van der Waals surface area contributed by atoms with Crippen molar-refractivity contribution in [3.05, 3.63) is 59.2 Å². The van der Waals surface area contributed by atoms with E-state index in [4.69, 9.17) is 0 Å². The van der Waals surface area contributed by atoms with Gasteiger partial charge in [0.05, 0.1) is 10.6 Å². The maximum absolute atomic E-state index is 12.9. The predicted octanol–water partition coefficient (Wildman–Crippen LogP) is 2.50. The van der Waals surface area contributed by atoms with Gasteiger partial charge in [-0.15, -0.1) is 0 Å². The summed E-state index contributed by atoms with van der Waals surface area (Å²) in [6.45, 7) is 4.11. The number of aryl methyl sites for hydroxylation is 1. The molecule has 0 unspecified atom stereocenters. The van der Waals surface area contributed by atoms with Crippen LogP contribution in [0.3, 0.4) is 0 Å². The summed E-state index contributed by atoms with van der Waals surface area (Å²) in [5.74, 6) is -0.0159. The van der Waals surface area contributed by atoms with Crippen LogP contribution in [0.15, 0.2) is 47.4 Å². The molecule has 2 aromatic carbocycles. The Balaban J connectivity index is 1.87. The van der Waals surface area contributed by atoms with Crippen LogP contribution in [0.5, 0.6) is 0 Å². The maximum atomic E-state index is 12.9. The lowest BCUT2D eigenvalue weighted by atomic mass is 10.0. The number of fused-ring (bicyclic) bond motifs is 1. The molecule has 0 bridgehead atoms. The first-order chi connectivity index (χ1) is 12.2. The van der Waals surface area contributed by atoms with Gasteiger partial charge in [-0.25, -0.2) is 16.8 Å². The molecule has 0 saturated heterocycles. The largest absolute Gasteiger partial charge is 0.284 e. The minimum atomic E-state index is -3.58. The second kappa shape index (κ2) is 7.02. The van der Waals surface area contributed by atoms with Gasteiger partial charge in [0, 0.05) is 18.8 Å². The number of rotatable bonds is 5. The first kappa shape index (κ1) is 18.9. The van der Waals surface area contributed by atoms with Crippen LogP contribution in [0.2, 0.25) is 0 Å². The molecule has 8 heteroatoms. The summed E-state index contributed by atoms with van der Waals surface area (Å²) in [4.78, 5) is 0.273. The Kier molecular flexibility index (Phi) is 5.09. The van der Waals surface area contributed by atoms with Crippen LogP contribution in [0.4, 0.5) is 5.69 Å². The van der Waals surface area contributed by atoms with Gasteiger partial charge in [-0.2, -0.15) is 4.31 Å². The normalized spacial score (nSPS) is 15.5. The van der Waals surface area contributed by atoms with Crippen LogP contribution in [0.1, 0.15) is 23.6 Å². The summed E-state index contributed by atoms with van der Waals surface area (Å²) >= 11 is 0. The van der Waals surface area contributed by atoms with Gasteiger partial charge in [-0.3, -0.25) is 4.72 Å². The third-order valence-corrected chi connectivity index (χ3v) is 7.66. The second-order valence-electron chi connectivity index (χ2n) is 6.39. The first-order valence-electron chi connectivity index (χ1n) is 8.40. The molecule has 0 amide bonds. The van der Waals surface area contributed by atoms with Crippen molar-refractivity contribution in [2.45, 2.75) is 31.7 Å². The molecule has 6 nitrogen and oxygen atoms in total. The molecular weight excluding hydrogens is 372 g/mol. The van der Waals surface area contributed by atoms with Gasteiger partial charge < -0.3 is 0 Å². The van der Waals surface area contributed by atoms with E-state index >= 15 is 0 Å². The van der Waals surface area contributed by atoms with Crippen LogP contribution in [0, 0.1) is 6.92 Å². The Morgan fingerprint density at radius 1 is 1.00 bits per heavy atom. The predicted molar refractivity (Wildman–Crippen MR) is 102 cm³/mol. The van der Waals surface area contributed by atoms with E-state index in [1.165, 1.54) is 4.31 Å². The summed E-state index contributed by atoms with van der Waals surface area (Å²) < 4.78 is 53.2. The lowest BCUT2D eigenvalue weighted by Gasteiger charge is -2.28. The number of sulfonamides is 2. The third kappa shape index (κ3) is 3.92. The lowest BCUT2D eigenvalue weighted by Crippen LogP contribution is -2.36.